The minimum Gasteiger partial charge on any atom is -0.384 e. The number of nitrogens with zero attached hydrogens (tertiary/aromatic N) is 13. The highest BCUT2D eigenvalue weighted by molar-refractivity contribution is 5.64. The van der Waals surface area contributed by atoms with Crippen LogP contribution in [0.15, 0.2) is 84.9 Å². The van der Waals surface area contributed by atoms with E-state index in [4.69, 9.17) is 0 Å². The summed E-state index contributed by atoms with van der Waals surface area (Å²) in [6, 6.07) is 18.5. The van der Waals surface area contributed by atoms with E-state index >= 15 is 0 Å². The number of alkyl halides is 21. The molecule has 4 saturated heterocycles. The van der Waals surface area contributed by atoms with Gasteiger partial charge < -0.3 is 69.0 Å². The van der Waals surface area contributed by atoms with Crippen molar-refractivity contribution in [2.45, 2.75) is 166 Å². The van der Waals surface area contributed by atoms with Crippen molar-refractivity contribution in [3.8, 4) is 0 Å². The summed E-state index contributed by atoms with van der Waals surface area (Å²) in [7, 11) is 21.3. The molecule has 11 rings (SSSR count). The minimum atomic E-state index is -4.30. The maximum Gasteiger partial charge on any atom is 0.416 e. The van der Waals surface area contributed by atoms with E-state index in [1.807, 2.05) is 149 Å². The molecule has 7 aromatic rings. The van der Waals surface area contributed by atoms with Crippen LogP contribution in [-0.2, 0) is 43.2 Å². The molecule has 1 N–H and O–H groups in total. The van der Waals surface area contributed by atoms with E-state index in [1.165, 1.54) is 85.6 Å². The predicted molar refractivity (Wildman–Crippen MR) is 514 cm³/mol. The molecule has 0 unspecified atom stereocenters. The number of aryl methyl sites for hydroxylation is 7. The molecule has 766 valence electrons. The third-order valence-corrected chi connectivity index (χ3v) is 25.4. The SMILES string of the molecule is CCN1CCN(c2cc(C)cc(C(F)(F)F)c2C)CC1.Cc1cc(C(F)(F)F)cc(N(C)CCCN(C)C)c1C.Cc1cc(C(F)(F)F)cc(N(C)CCN(C)C)c1C.Cc1cc(C(F)(F)F)cc(N(C)CCN2CCCC2)c1C.Cc1cc(C(F)(F)F)cc(N2CCN(C)CC2)c1C.Cc1cc(C(F)(F)F)cc(NCCN(C)C)c1C.Cc1cc(N2CCN(C)CC2)c(C)c(C(F)(F)F)c1. The highest BCUT2D eigenvalue weighted by Gasteiger charge is 2.40. The summed E-state index contributed by atoms with van der Waals surface area (Å²) in [5.74, 6) is 0. The first kappa shape index (κ1) is 118. The first-order valence-electron chi connectivity index (χ1n) is 45.8. The largest absolute Gasteiger partial charge is 0.416 e. The summed E-state index contributed by atoms with van der Waals surface area (Å²) >= 11 is 0. The third-order valence-electron chi connectivity index (χ3n) is 25.4. The number of anilines is 7. The molecule has 4 aliphatic heterocycles. The molecule has 0 amide bonds. The van der Waals surface area contributed by atoms with E-state index in [9.17, 15) is 92.2 Å². The summed E-state index contributed by atoms with van der Waals surface area (Å²) in [5.41, 5.74) is 10.7. The number of rotatable bonds is 21. The van der Waals surface area contributed by atoms with Gasteiger partial charge in [-0.1, -0.05) is 6.92 Å². The second kappa shape index (κ2) is 51.0. The van der Waals surface area contributed by atoms with Crippen molar-refractivity contribution in [3.63, 3.8) is 0 Å². The van der Waals surface area contributed by atoms with Gasteiger partial charge in [-0.3, -0.25) is 0 Å². The Kier molecular flexibility index (Phi) is 44.2. The van der Waals surface area contributed by atoms with Crippen molar-refractivity contribution in [2.24, 2.45) is 0 Å². The average Bonchev–Trinajstić information content (AvgIpc) is 1.03. The van der Waals surface area contributed by atoms with Gasteiger partial charge in [-0.05, 0) is 362 Å². The lowest BCUT2D eigenvalue weighted by Gasteiger charge is -2.37. The van der Waals surface area contributed by atoms with Crippen LogP contribution in [-0.4, -0.2) is 262 Å². The zero-order chi connectivity index (χ0) is 103. The topological polar surface area (TPSA) is 54.2 Å². The summed E-state index contributed by atoms with van der Waals surface area (Å²) in [6.07, 6.45) is -26.6. The van der Waals surface area contributed by atoms with E-state index in [0.717, 1.165) is 189 Å². The Bertz CT molecular complexity index is 4870. The molecule has 0 bridgehead atoms. The highest BCUT2D eigenvalue weighted by atomic mass is 19.4. The molecular weight excluding hydrogens is 1810 g/mol. The molecule has 14 nitrogen and oxygen atoms in total. The number of hydrogen-bond donors (Lipinski definition) is 1. The Hall–Kier alpha value is -8.61. The van der Waals surface area contributed by atoms with Crippen LogP contribution >= 0.6 is 0 Å². The van der Waals surface area contributed by atoms with Gasteiger partial charge in [0.1, 0.15) is 0 Å². The number of hydrogen-bond acceptors (Lipinski definition) is 14. The standard InChI is InChI=1S/C16H23F3N2.C15H21F3N2.C15H23F3N2.2C14H19F3N2.C14H21F3N2.C13H19F3N2/c1-12-10-14(16(17,18)19)11-15(13(12)2)20(3)8-9-21-6-4-5-7-21;1-4-19-5-7-20(8-6-19)14-10-11(2)9-13(12(14)3)15(16,17)18;1-11-9-13(15(16,17)18)10-14(12(11)2)20(5)8-6-7-19(3)4;1-10-8-12(14(15,16)17)9-13(11(10)2)19-6-4-18(3)5-7-19;1-10-8-12(14(15,16)17)11(2)13(9-10)19-6-4-18(3)5-7-19;1-10-8-12(14(15,16)17)9-13(11(10)2)19(5)7-6-18(3)4;1-9-7-11(13(14,15)16)8-12(10(9)2)17-5-6-18(3)4/h10-11H,4-9H2,1-3H3;9-10H,4-8H2,1-3H3;9-10H,6-8H2,1-5H3;2*8-9H,4-7H2,1-3H3;8-9H,6-7H2,1-5H3;7-8,17H,5-6H2,1-4H3. The Morgan fingerprint density at radius 1 is 0.279 bits per heavy atom. The van der Waals surface area contributed by atoms with Gasteiger partial charge in [0, 0.05) is 185 Å². The van der Waals surface area contributed by atoms with Crippen molar-refractivity contribution < 1.29 is 92.2 Å². The van der Waals surface area contributed by atoms with E-state index in [0.29, 0.717) is 85.9 Å². The molecule has 4 aliphatic rings. The Balaban J connectivity index is 0.000000280. The lowest BCUT2D eigenvalue weighted by atomic mass is 10.0. The zero-order valence-electron chi connectivity index (χ0n) is 84.2. The molecule has 0 saturated carbocycles. The summed E-state index contributed by atoms with van der Waals surface area (Å²) < 4.78 is 271. The van der Waals surface area contributed by atoms with E-state index in [-0.39, 0.29) is 0 Å². The Labute approximate surface area is 793 Å². The monoisotopic (exact) mass is 1950 g/mol. The zero-order valence-corrected chi connectivity index (χ0v) is 84.2. The van der Waals surface area contributed by atoms with Gasteiger partial charge in [-0.25, -0.2) is 0 Å². The van der Waals surface area contributed by atoms with Crippen molar-refractivity contribution in [1.82, 2.24) is 34.3 Å². The fraction of sp³-hybridized carbons (Fsp3) is 0.584. The van der Waals surface area contributed by atoms with Crippen LogP contribution in [0.4, 0.5) is 132 Å². The Morgan fingerprint density at radius 3 is 0.912 bits per heavy atom. The quantitative estimate of drug-likeness (QED) is 0.0695. The fourth-order valence-electron chi connectivity index (χ4n) is 16.1. The predicted octanol–water partition coefficient (Wildman–Crippen LogP) is 23.8. The molecule has 4 fully saturated rings. The second-order valence-electron chi connectivity index (χ2n) is 37.1. The molecule has 35 heteroatoms. The lowest BCUT2D eigenvalue weighted by Crippen LogP contribution is -2.46. The second-order valence-corrected chi connectivity index (χ2v) is 37.1. The fourth-order valence-corrected chi connectivity index (χ4v) is 16.1. The molecule has 0 radical (unpaired) electrons. The van der Waals surface area contributed by atoms with Crippen LogP contribution in [0, 0.1) is 96.9 Å². The number of nitrogens with one attached hydrogen (secondary N) is 1. The van der Waals surface area contributed by atoms with Gasteiger partial charge in [-0.2, -0.15) is 92.2 Å². The molecule has 0 spiro atoms. The molecular formula is C101H145F21N14. The van der Waals surface area contributed by atoms with E-state index in [2.05, 4.69) is 51.4 Å². The van der Waals surface area contributed by atoms with Gasteiger partial charge in [-0.15, -0.1) is 0 Å². The van der Waals surface area contributed by atoms with Crippen molar-refractivity contribution >= 4 is 39.8 Å². The van der Waals surface area contributed by atoms with Crippen LogP contribution in [0.25, 0.3) is 0 Å². The smallest absolute Gasteiger partial charge is 0.384 e. The van der Waals surface area contributed by atoms with E-state index < -0.39 is 82.2 Å². The average molecular weight is 1950 g/mol. The number of likely N-dealkylation sites (N-methyl/N-ethyl adjacent to an activating group) is 7. The van der Waals surface area contributed by atoms with Crippen LogP contribution in [0.5, 0.6) is 0 Å². The minimum absolute atomic E-state index is 0.336. The van der Waals surface area contributed by atoms with Gasteiger partial charge in [0.05, 0.1) is 38.9 Å². The van der Waals surface area contributed by atoms with Gasteiger partial charge in [0.25, 0.3) is 0 Å². The summed E-state index contributed by atoms with van der Waals surface area (Å²) in [5, 5.41) is 3.06. The van der Waals surface area contributed by atoms with Gasteiger partial charge >= 0.3 is 43.2 Å². The van der Waals surface area contributed by atoms with Crippen molar-refractivity contribution in [2.75, 3.05) is 263 Å². The van der Waals surface area contributed by atoms with Crippen molar-refractivity contribution in [3.05, 3.63) is 202 Å². The maximum atomic E-state index is 13.1. The molecule has 0 aliphatic carbocycles. The maximum absolute atomic E-state index is 13.1. The van der Waals surface area contributed by atoms with Crippen LogP contribution in [0.2, 0.25) is 0 Å². The van der Waals surface area contributed by atoms with Crippen LogP contribution in [0.1, 0.15) is 143 Å². The molecule has 136 heavy (non-hydrogen) atoms. The number of piperazine rings is 3. The lowest BCUT2D eigenvalue weighted by molar-refractivity contribution is -0.138. The van der Waals surface area contributed by atoms with Gasteiger partial charge in [0.2, 0.25) is 0 Å². The van der Waals surface area contributed by atoms with Crippen LogP contribution in [0.3, 0.4) is 0 Å². The van der Waals surface area contributed by atoms with Gasteiger partial charge in [0.15, 0.2) is 0 Å². The summed E-state index contributed by atoms with van der Waals surface area (Å²) in [6.45, 7) is 46.1. The van der Waals surface area contributed by atoms with Crippen molar-refractivity contribution in [1.29, 1.82) is 0 Å². The molecule has 0 aromatic heterocycles. The highest BCUT2D eigenvalue weighted by Crippen LogP contribution is 2.44. The molecule has 4 heterocycles. The normalized spacial score (nSPS) is 15.2. The number of halogens is 21. The first-order chi connectivity index (χ1) is 62.6. The number of benzene rings is 7. The third kappa shape index (κ3) is 36.6. The number of likely N-dealkylation sites (tertiary alicyclic amines) is 1. The summed E-state index contributed by atoms with van der Waals surface area (Å²) in [4.78, 5) is 27.0. The van der Waals surface area contributed by atoms with Crippen LogP contribution < -0.4 is 34.7 Å². The molecule has 7 aromatic carbocycles. The molecule has 0 atom stereocenters. The first-order valence-corrected chi connectivity index (χ1v) is 45.8. The Morgan fingerprint density at radius 2 is 0.581 bits per heavy atom. The van der Waals surface area contributed by atoms with E-state index in [1.54, 1.807) is 62.3 Å².